The highest BCUT2D eigenvalue weighted by Gasteiger charge is 2.13. The molecule has 0 aliphatic carbocycles. The van der Waals surface area contributed by atoms with Crippen LogP contribution in [0.4, 0.5) is 0 Å². The van der Waals surface area contributed by atoms with Gasteiger partial charge in [-0.1, -0.05) is 25.1 Å². The van der Waals surface area contributed by atoms with Crippen LogP contribution in [0.1, 0.15) is 43.1 Å². The number of nitrogens with zero attached hydrogens (tertiary/aromatic N) is 2. The molecule has 0 aliphatic heterocycles. The van der Waals surface area contributed by atoms with Gasteiger partial charge in [0.2, 0.25) is 0 Å². The average Bonchev–Trinajstić information content (AvgIpc) is 2.74. The Morgan fingerprint density at radius 3 is 2.35 bits per heavy atom. The lowest BCUT2D eigenvalue weighted by molar-refractivity contribution is 0.0787. The lowest BCUT2D eigenvalue weighted by atomic mass is 10.1. The number of ether oxygens (including phenoxy) is 1. The number of rotatable bonds is 11. The number of amides is 1. The summed E-state index contributed by atoms with van der Waals surface area (Å²) in [6.45, 7) is 9.32. The molecule has 0 heterocycles. The van der Waals surface area contributed by atoms with Crippen LogP contribution in [0.2, 0.25) is 0 Å². The van der Waals surface area contributed by atoms with Gasteiger partial charge in [-0.15, -0.1) is 0 Å². The second-order valence-corrected chi connectivity index (χ2v) is 10.0. The lowest BCUT2D eigenvalue weighted by Gasteiger charge is -2.25. The van der Waals surface area contributed by atoms with Gasteiger partial charge in [0.15, 0.2) is 9.84 Å². The molecule has 31 heavy (non-hydrogen) atoms. The van der Waals surface area contributed by atoms with Gasteiger partial charge in [0.25, 0.3) is 5.91 Å². The highest BCUT2D eigenvalue weighted by atomic mass is 32.2. The first-order chi connectivity index (χ1) is 14.6. The summed E-state index contributed by atoms with van der Waals surface area (Å²) in [4.78, 5) is 17.0. The van der Waals surface area contributed by atoms with E-state index < -0.39 is 9.84 Å². The maximum Gasteiger partial charge on any atom is 0.253 e. The predicted octanol–water partition coefficient (Wildman–Crippen LogP) is 3.86. The Kier molecular flexibility index (Phi) is 9.07. The quantitative estimate of drug-likeness (QED) is 0.490. The van der Waals surface area contributed by atoms with E-state index in [0.29, 0.717) is 36.9 Å². The molecule has 0 saturated heterocycles. The molecule has 0 fully saturated rings. The van der Waals surface area contributed by atoms with Crippen molar-refractivity contribution in [3.05, 3.63) is 59.7 Å². The van der Waals surface area contributed by atoms with Gasteiger partial charge < -0.3 is 9.64 Å². The first kappa shape index (κ1) is 24.9. The molecule has 170 valence electrons. The number of carbonyl (C=O) groups is 1. The van der Waals surface area contributed by atoms with Crippen LogP contribution in [0.25, 0.3) is 0 Å². The lowest BCUT2D eigenvalue weighted by Crippen LogP contribution is -2.30. The fraction of sp³-hybridized carbons (Fsp3) is 0.458. The molecular weight excluding hydrogens is 412 g/mol. The van der Waals surface area contributed by atoms with Crippen LogP contribution < -0.4 is 4.74 Å². The molecule has 0 aliphatic rings. The van der Waals surface area contributed by atoms with Crippen LogP contribution >= 0.6 is 0 Å². The monoisotopic (exact) mass is 446 g/mol. The molecule has 1 amide bonds. The van der Waals surface area contributed by atoms with Crippen molar-refractivity contribution in [3.8, 4) is 5.75 Å². The first-order valence-electron chi connectivity index (χ1n) is 10.6. The molecule has 0 saturated carbocycles. The second-order valence-electron chi connectivity index (χ2n) is 8.03. The summed E-state index contributed by atoms with van der Waals surface area (Å²) in [6.07, 6.45) is 1.81. The largest absolute Gasteiger partial charge is 0.493 e. The molecule has 2 rings (SSSR count). The Bertz CT molecular complexity index is 956. The minimum absolute atomic E-state index is 0.0261. The van der Waals surface area contributed by atoms with E-state index in [4.69, 9.17) is 4.74 Å². The third-order valence-electron chi connectivity index (χ3n) is 5.21. The van der Waals surface area contributed by atoms with Gasteiger partial charge in [-0.05, 0) is 62.7 Å². The Hall–Kier alpha value is -2.38. The van der Waals surface area contributed by atoms with Crippen molar-refractivity contribution in [3.63, 3.8) is 0 Å². The normalized spacial score (nSPS) is 11.7. The average molecular weight is 447 g/mol. The van der Waals surface area contributed by atoms with Crippen LogP contribution in [-0.4, -0.2) is 63.2 Å². The molecule has 2 aromatic carbocycles. The fourth-order valence-electron chi connectivity index (χ4n) is 3.26. The molecular formula is C24H34N2O4S. The maximum absolute atomic E-state index is 12.7. The highest BCUT2D eigenvalue weighted by Crippen LogP contribution is 2.17. The highest BCUT2D eigenvalue weighted by molar-refractivity contribution is 7.90. The maximum atomic E-state index is 12.7. The molecule has 0 radical (unpaired) electrons. The van der Waals surface area contributed by atoms with Crippen molar-refractivity contribution < 1.29 is 17.9 Å². The first-order valence-corrected chi connectivity index (χ1v) is 12.5. The molecule has 0 N–H and O–H groups in total. The zero-order valence-corrected chi connectivity index (χ0v) is 20.0. The van der Waals surface area contributed by atoms with Crippen molar-refractivity contribution in [1.82, 2.24) is 9.80 Å². The van der Waals surface area contributed by atoms with E-state index in [1.165, 1.54) is 17.9 Å². The van der Waals surface area contributed by atoms with E-state index in [0.717, 1.165) is 13.1 Å². The Labute approximate surface area is 186 Å². The van der Waals surface area contributed by atoms with Crippen molar-refractivity contribution in [2.24, 2.45) is 0 Å². The van der Waals surface area contributed by atoms with E-state index in [1.807, 2.05) is 24.3 Å². The summed E-state index contributed by atoms with van der Waals surface area (Å²) in [5.41, 5.74) is 1.86. The number of carbonyl (C=O) groups excluding carboxylic acids is 1. The van der Waals surface area contributed by atoms with Crippen LogP contribution in [-0.2, 0) is 16.4 Å². The molecule has 0 bridgehead atoms. The summed E-state index contributed by atoms with van der Waals surface area (Å²) < 4.78 is 28.9. The standard InChI is InChI=1S/C24H34N2O4S/c1-6-26(19(2)3)18-20-11-13-21(14-12-20)24(27)25(4)15-8-16-30-22-9-7-10-23(17-22)31(5,28)29/h7,9-14,17,19H,6,8,15-16,18H2,1-5H3. The SMILES string of the molecule is CCN(Cc1ccc(C(=O)N(C)CCCOc2cccc(S(C)(=O)=O)c2)cc1)C(C)C. The van der Waals surface area contributed by atoms with Crippen LogP contribution in [0, 0.1) is 0 Å². The number of hydrogen-bond acceptors (Lipinski definition) is 5. The van der Waals surface area contributed by atoms with E-state index in [1.54, 1.807) is 30.1 Å². The number of sulfone groups is 1. The molecule has 0 unspecified atom stereocenters. The van der Waals surface area contributed by atoms with Gasteiger partial charge >= 0.3 is 0 Å². The van der Waals surface area contributed by atoms with E-state index in [-0.39, 0.29) is 10.8 Å². The second kappa shape index (κ2) is 11.3. The third-order valence-corrected chi connectivity index (χ3v) is 6.32. The number of benzene rings is 2. The minimum Gasteiger partial charge on any atom is -0.493 e. The topological polar surface area (TPSA) is 66.9 Å². The number of hydrogen-bond donors (Lipinski definition) is 0. The minimum atomic E-state index is -3.26. The van der Waals surface area contributed by atoms with Crippen LogP contribution in [0.3, 0.4) is 0 Å². The molecule has 0 spiro atoms. The summed E-state index contributed by atoms with van der Waals surface area (Å²) in [5.74, 6) is 0.483. The smallest absolute Gasteiger partial charge is 0.253 e. The van der Waals surface area contributed by atoms with E-state index in [9.17, 15) is 13.2 Å². The summed E-state index contributed by atoms with van der Waals surface area (Å²) in [6, 6.07) is 14.7. The predicted molar refractivity (Wildman–Crippen MR) is 124 cm³/mol. The molecule has 6 nitrogen and oxygen atoms in total. The van der Waals surface area contributed by atoms with Gasteiger partial charge in [0, 0.05) is 38.0 Å². The van der Waals surface area contributed by atoms with Crippen LogP contribution in [0.15, 0.2) is 53.4 Å². The summed E-state index contributed by atoms with van der Waals surface area (Å²) >= 11 is 0. The molecule has 0 atom stereocenters. The van der Waals surface area contributed by atoms with Crippen molar-refractivity contribution in [2.75, 3.05) is 33.0 Å². The Morgan fingerprint density at radius 2 is 1.77 bits per heavy atom. The van der Waals surface area contributed by atoms with Gasteiger partial charge in [0.05, 0.1) is 11.5 Å². The van der Waals surface area contributed by atoms with Gasteiger partial charge in [0.1, 0.15) is 5.75 Å². The molecule has 0 aromatic heterocycles. The Balaban J connectivity index is 1.83. The van der Waals surface area contributed by atoms with Crippen molar-refractivity contribution >= 4 is 15.7 Å². The van der Waals surface area contributed by atoms with Crippen molar-refractivity contribution in [1.29, 1.82) is 0 Å². The zero-order chi connectivity index (χ0) is 23.0. The van der Waals surface area contributed by atoms with Gasteiger partial charge in [-0.2, -0.15) is 0 Å². The Morgan fingerprint density at radius 1 is 1.10 bits per heavy atom. The van der Waals surface area contributed by atoms with Gasteiger partial charge in [-0.25, -0.2) is 8.42 Å². The van der Waals surface area contributed by atoms with Crippen molar-refractivity contribution in [2.45, 2.75) is 44.7 Å². The zero-order valence-electron chi connectivity index (χ0n) is 19.2. The molecule has 2 aromatic rings. The third kappa shape index (κ3) is 7.67. The fourth-order valence-corrected chi connectivity index (χ4v) is 3.91. The summed E-state index contributed by atoms with van der Waals surface area (Å²) in [5, 5.41) is 0. The van der Waals surface area contributed by atoms with Gasteiger partial charge in [-0.3, -0.25) is 9.69 Å². The van der Waals surface area contributed by atoms with E-state index >= 15 is 0 Å². The molecule has 7 heteroatoms. The van der Waals surface area contributed by atoms with E-state index in [2.05, 4.69) is 25.7 Å². The summed E-state index contributed by atoms with van der Waals surface area (Å²) in [7, 11) is -1.49. The van der Waals surface area contributed by atoms with Crippen LogP contribution in [0.5, 0.6) is 5.75 Å².